The fourth-order valence-corrected chi connectivity index (χ4v) is 3.25. The first-order valence-electron chi connectivity index (χ1n) is 7.43. The van der Waals surface area contributed by atoms with Crippen molar-refractivity contribution in [3.63, 3.8) is 0 Å². The molecule has 1 aromatic heterocycles. The lowest BCUT2D eigenvalue weighted by molar-refractivity contribution is 0.489. The van der Waals surface area contributed by atoms with E-state index in [0.717, 1.165) is 42.8 Å². The molecule has 2 aromatic carbocycles. The Labute approximate surface area is 126 Å². The zero-order valence-corrected chi connectivity index (χ0v) is 12.0. The van der Waals surface area contributed by atoms with Crippen molar-refractivity contribution in [1.82, 2.24) is 9.97 Å². The SMILES string of the molecule is Nc1c(N2CCC(c3nc4ccccc4[nH]3)CC2)c(=O)c1=O. The molecule has 1 saturated heterocycles. The smallest absolute Gasteiger partial charge is 0.253 e. The van der Waals surface area contributed by atoms with Crippen LogP contribution in [0.3, 0.4) is 0 Å². The van der Waals surface area contributed by atoms with Crippen molar-refractivity contribution in [2.45, 2.75) is 18.8 Å². The zero-order chi connectivity index (χ0) is 15.3. The molecule has 3 N–H and O–H groups in total. The van der Waals surface area contributed by atoms with Gasteiger partial charge < -0.3 is 15.6 Å². The number of H-pyrrole nitrogens is 1. The average Bonchev–Trinajstić information content (AvgIpc) is 2.99. The largest absolute Gasteiger partial charge is 0.394 e. The minimum atomic E-state index is -0.547. The molecule has 0 saturated carbocycles. The molecule has 0 aliphatic carbocycles. The third kappa shape index (κ3) is 1.83. The molecule has 0 bridgehead atoms. The number of para-hydroxylation sites is 2. The van der Waals surface area contributed by atoms with Crippen molar-refractivity contribution in [2.24, 2.45) is 0 Å². The maximum Gasteiger partial charge on any atom is 0.253 e. The lowest BCUT2D eigenvalue weighted by atomic mass is 9.95. The molecule has 2 heterocycles. The summed E-state index contributed by atoms with van der Waals surface area (Å²) in [6.45, 7) is 1.44. The van der Waals surface area contributed by atoms with Crippen LogP contribution in [0.25, 0.3) is 11.0 Å². The Morgan fingerprint density at radius 1 is 1.14 bits per heavy atom. The van der Waals surface area contributed by atoms with Gasteiger partial charge in [0.05, 0.1) is 11.0 Å². The molecule has 0 radical (unpaired) electrons. The first-order chi connectivity index (χ1) is 10.6. The number of anilines is 2. The molecule has 0 amide bonds. The number of rotatable bonds is 2. The van der Waals surface area contributed by atoms with E-state index in [1.54, 1.807) is 0 Å². The highest BCUT2D eigenvalue weighted by molar-refractivity contribution is 5.75. The molecule has 22 heavy (non-hydrogen) atoms. The summed E-state index contributed by atoms with van der Waals surface area (Å²) in [4.78, 5) is 32.8. The quantitative estimate of drug-likeness (QED) is 0.691. The second-order valence-electron chi connectivity index (χ2n) is 5.82. The summed E-state index contributed by atoms with van der Waals surface area (Å²) in [6, 6.07) is 7.98. The van der Waals surface area contributed by atoms with E-state index in [2.05, 4.69) is 9.97 Å². The Morgan fingerprint density at radius 2 is 1.86 bits per heavy atom. The van der Waals surface area contributed by atoms with Crippen molar-refractivity contribution in [3.8, 4) is 0 Å². The highest BCUT2D eigenvalue weighted by atomic mass is 16.2. The van der Waals surface area contributed by atoms with Gasteiger partial charge >= 0.3 is 0 Å². The van der Waals surface area contributed by atoms with E-state index >= 15 is 0 Å². The Hall–Kier alpha value is -2.63. The predicted molar refractivity (Wildman–Crippen MR) is 86.0 cm³/mol. The fraction of sp³-hybridized carbons (Fsp3) is 0.312. The van der Waals surface area contributed by atoms with Gasteiger partial charge in [-0.2, -0.15) is 0 Å². The standard InChI is InChI=1S/C16H16N4O2/c17-12-13(15(22)14(12)21)20-7-5-9(6-8-20)16-18-10-3-1-2-4-11(10)19-16/h1-4,9H,5-8,17H2,(H,18,19). The number of fused-ring (bicyclic) bond motifs is 1. The van der Waals surface area contributed by atoms with Crippen molar-refractivity contribution >= 4 is 22.4 Å². The Bertz CT molecular complexity index is 879. The van der Waals surface area contributed by atoms with Gasteiger partial charge in [-0.1, -0.05) is 12.1 Å². The normalized spacial score (nSPS) is 16.6. The molecule has 6 heteroatoms. The Balaban J connectivity index is 1.52. The molecule has 112 valence electrons. The van der Waals surface area contributed by atoms with Gasteiger partial charge in [0.1, 0.15) is 17.2 Å². The Morgan fingerprint density at radius 3 is 2.55 bits per heavy atom. The summed E-state index contributed by atoms with van der Waals surface area (Å²) in [5.41, 5.74) is 7.20. The minimum absolute atomic E-state index is 0.118. The van der Waals surface area contributed by atoms with Crippen LogP contribution in [0.5, 0.6) is 0 Å². The van der Waals surface area contributed by atoms with Gasteiger partial charge in [0.15, 0.2) is 0 Å². The van der Waals surface area contributed by atoms with Crippen LogP contribution in [0.1, 0.15) is 24.6 Å². The Kier molecular flexibility index (Phi) is 2.79. The van der Waals surface area contributed by atoms with Gasteiger partial charge in [-0.15, -0.1) is 0 Å². The number of nitrogens with zero attached hydrogens (tertiary/aromatic N) is 2. The lowest BCUT2D eigenvalue weighted by Gasteiger charge is -2.33. The van der Waals surface area contributed by atoms with E-state index < -0.39 is 10.9 Å². The van der Waals surface area contributed by atoms with Gasteiger partial charge in [0.25, 0.3) is 10.9 Å². The monoisotopic (exact) mass is 296 g/mol. The van der Waals surface area contributed by atoms with E-state index in [1.165, 1.54) is 0 Å². The number of hydrogen-bond acceptors (Lipinski definition) is 5. The third-order valence-corrected chi connectivity index (χ3v) is 4.53. The van der Waals surface area contributed by atoms with Crippen molar-refractivity contribution in [1.29, 1.82) is 0 Å². The van der Waals surface area contributed by atoms with Crippen LogP contribution >= 0.6 is 0 Å². The molecule has 0 unspecified atom stereocenters. The van der Waals surface area contributed by atoms with Crippen LogP contribution in [0.4, 0.5) is 11.4 Å². The number of aromatic nitrogens is 2. The number of piperidine rings is 1. The van der Waals surface area contributed by atoms with Gasteiger partial charge in [0, 0.05) is 19.0 Å². The molecule has 4 rings (SSSR count). The molecule has 1 fully saturated rings. The molecule has 6 nitrogen and oxygen atoms in total. The third-order valence-electron chi connectivity index (χ3n) is 4.53. The second-order valence-corrected chi connectivity index (χ2v) is 5.82. The molecule has 0 spiro atoms. The summed E-state index contributed by atoms with van der Waals surface area (Å²) >= 11 is 0. The number of hydrogen-bond donors (Lipinski definition) is 2. The van der Waals surface area contributed by atoms with Crippen LogP contribution in [0.15, 0.2) is 33.9 Å². The van der Waals surface area contributed by atoms with Crippen LogP contribution in [0, 0.1) is 0 Å². The molecule has 1 aliphatic heterocycles. The fourth-order valence-electron chi connectivity index (χ4n) is 3.25. The maximum atomic E-state index is 11.6. The van der Waals surface area contributed by atoms with E-state index in [0.29, 0.717) is 11.6 Å². The first kappa shape index (κ1) is 13.1. The van der Waals surface area contributed by atoms with E-state index in [4.69, 9.17) is 5.73 Å². The summed E-state index contributed by atoms with van der Waals surface area (Å²) in [7, 11) is 0. The van der Waals surface area contributed by atoms with Crippen molar-refractivity contribution in [3.05, 3.63) is 50.5 Å². The predicted octanol–water partition coefficient (Wildman–Crippen LogP) is 1.13. The lowest BCUT2D eigenvalue weighted by Crippen LogP contribution is -2.45. The van der Waals surface area contributed by atoms with Gasteiger partial charge in [-0.25, -0.2) is 4.98 Å². The van der Waals surface area contributed by atoms with Crippen LogP contribution in [-0.2, 0) is 0 Å². The van der Waals surface area contributed by atoms with Gasteiger partial charge in [-0.3, -0.25) is 9.59 Å². The summed E-state index contributed by atoms with van der Waals surface area (Å²) in [6.07, 6.45) is 1.77. The number of nitrogens with one attached hydrogen (secondary N) is 1. The second kappa shape index (κ2) is 4.69. The number of benzene rings is 1. The molecular weight excluding hydrogens is 280 g/mol. The number of aromatic amines is 1. The first-order valence-corrected chi connectivity index (χ1v) is 7.43. The number of nitrogens with two attached hydrogens (primary N) is 1. The summed E-state index contributed by atoms with van der Waals surface area (Å²) < 4.78 is 0. The summed E-state index contributed by atoms with van der Waals surface area (Å²) in [5, 5.41) is 0. The number of imidazole rings is 1. The van der Waals surface area contributed by atoms with Crippen molar-refractivity contribution < 1.29 is 0 Å². The molecule has 1 aliphatic rings. The maximum absolute atomic E-state index is 11.6. The van der Waals surface area contributed by atoms with E-state index in [-0.39, 0.29) is 5.69 Å². The van der Waals surface area contributed by atoms with Crippen LogP contribution < -0.4 is 21.5 Å². The van der Waals surface area contributed by atoms with Gasteiger partial charge in [0.2, 0.25) is 0 Å². The topological polar surface area (TPSA) is 92.1 Å². The average molecular weight is 296 g/mol. The van der Waals surface area contributed by atoms with Gasteiger partial charge in [-0.05, 0) is 25.0 Å². The number of nitrogen functional groups attached to an aromatic ring is 1. The molecule has 3 aromatic rings. The van der Waals surface area contributed by atoms with Crippen molar-refractivity contribution in [2.75, 3.05) is 23.7 Å². The highest BCUT2D eigenvalue weighted by Gasteiger charge is 2.29. The van der Waals surface area contributed by atoms with E-state index in [9.17, 15) is 9.59 Å². The van der Waals surface area contributed by atoms with Crippen LogP contribution in [-0.4, -0.2) is 23.1 Å². The van der Waals surface area contributed by atoms with E-state index in [1.807, 2.05) is 29.2 Å². The highest BCUT2D eigenvalue weighted by Crippen LogP contribution is 2.30. The van der Waals surface area contributed by atoms with Crippen LogP contribution in [0.2, 0.25) is 0 Å². The molecule has 0 atom stereocenters. The minimum Gasteiger partial charge on any atom is -0.394 e. The molecular formula is C16H16N4O2. The zero-order valence-electron chi connectivity index (χ0n) is 12.0. The summed E-state index contributed by atoms with van der Waals surface area (Å²) in [5.74, 6) is 1.34.